The molecule has 0 aliphatic rings. The summed E-state index contributed by atoms with van der Waals surface area (Å²) >= 11 is 0. The Labute approximate surface area is 178 Å². The second-order valence-corrected chi connectivity index (χ2v) is 8.79. The minimum Gasteiger partial charge on any atom is -0.493 e. The Morgan fingerprint density at radius 1 is 1.10 bits per heavy atom. The number of fused-ring (bicyclic) bond motifs is 1. The Morgan fingerprint density at radius 3 is 2.42 bits per heavy atom. The van der Waals surface area contributed by atoms with Crippen LogP contribution in [0.15, 0.2) is 53.6 Å². The Kier molecular flexibility index (Phi) is 5.04. The van der Waals surface area contributed by atoms with Crippen LogP contribution < -0.4 is 14.8 Å². The number of methoxy groups -OCH3 is 2. The molecular formula is C21H19N5O4S. The molecule has 4 rings (SSSR count). The van der Waals surface area contributed by atoms with Gasteiger partial charge in [0.25, 0.3) is 0 Å². The SMILES string of the molecule is COc1ccc(Nc2c(-c3ccc(S(C)(=O)=O)cc3)[nH]c3c(C#N)cnn23)cc1OC. The summed E-state index contributed by atoms with van der Waals surface area (Å²) in [5, 5.41) is 17.0. The van der Waals surface area contributed by atoms with Gasteiger partial charge in [-0.05, 0) is 24.3 Å². The van der Waals surface area contributed by atoms with E-state index in [1.807, 2.05) is 6.07 Å². The van der Waals surface area contributed by atoms with E-state index in [0.717, 1.165) is 11.8 Å². The van der Waals surface area contributed by atoms with Crippen molar-refractivity contribution in [3.05, 3.63) is 54.2 Å². The maximum absolute atomic E-state index is 11.8. The number of nitrogens with zero attached hydrogens (tertiary/aromatic N) is 3. The summed E-state index contributed by atoms with van der Waals surface area (Å²) in [4.78, 5) is 3.44. The molecule has 0 unspecified atom stereocenters. The molecule has 0 saturated heterocycles. The summed E-state index contributed by atoms with van der Waals surface area (Å²) in [6.07, 6.45) is 2.64. The maximum atomic E-state index is 11.8. The van der Waals surface area contributed by atoms with Crippen molar-refractivity contribution in [2.24, 2.45) is 0 Å². The molecule has 31 heavy (non-hydrogen) atoms. The minimum absolute atomic E-state index is 0.222. The van der Waals surface area contributed by atoms with Crippen molar-refractivity contribution in [2.75, 3.05) is 25.8 Å². The second kappa shape index (κ2) is 7.70. The molecule has 0 atom stereocenters. The molecule has 0 aliphatic carbocycles. The van der Waals surface area contributed by atoms with E-state index in [0.29, 0.717) is 39.9 Å². The summed E-state index contributed by atoms with van der Waals surface area (Å²) in [6.45, 7) is 0. The lowest BCUT2D eigenvalue weighted by atomic mass is 10.1. The third-order valence-corrected chi connectivity index (χ3v) is 5.93. The summed E-state index contributed by atoms with van der Waals surface area (Å²) in [6, 6.07) is 14.0. The van der Waals surface area contributed by atoms with Crippen LogP contribution in [0.3, 0.4) is 0 Å². The zero-order valence-electron chi connectivity index (χ0n) is 17.0. The van der Waals surface area contributed by atoms with Crippen LogP contribution in [0.25, 0.3) is 16.9 Å². The second-order valence-electron chi connectivity index (χ2n) is 6.77. The third kappa shape index (κ3) is 3.67. The molecule has 0 fully saturated rings. The smallest absolute Gasteiger partial charge is 0.175 e. The largest absolute Gasteiger partial charge is 0.493 e. The highest BCUT2D eigenvalue weighted by Gasteiger charge is 2.19. The number of sulfone groups is 1. The van der Waals surface area contributed by atoms with Gasteiger partial charge in [-0.15, -0.1) is 0 Å². The predicted molar refractivity (Wildman–Crippen MR) is 116 cm³/mol. The fraction of sp³-hybridized carbons (Fsp3) is 0.143. The van der Waals surface area contributed by atoms with Crippen LogP contribution in [0.4, 0.5) is 11.5 Å². The van der Waals surface area contributed by atoms with Crippen molar-refractivity contribution < 1.29 is 17.9 Å². The number of benzene rings is 2. The molecule has 0 amide bonds. The molecular weight excluding hydrogens is 418 g/mol. The zero-order valence-corrected chi connectivity index (χ0v) is 17.8. The maximum Gasteiger partial charge on any atom is 0.175 e. The fourth-order valence-electron chi connectivity index (χ4n) is 3.25. The predicted octanol–water partition coefficient (Wildman–Crippen LogP) is 3.37. The molecule has 158 valence electrons. The van der Waals surface area contributed by atoms with Gasteiger partial charge in [-0.1, -0.05) is 12.1 Å². The van der Waals surface area contributed by atoms with Crippen molar-refractivity contribution in [3.63, 3.8) is 0 Å². The number of H-pyrrole nitrogens is 1. The van der Waals surface area contributed by atoms with Gasteiger partial charge in [-0.2, -0.15) is 14.9 Å². The number of ether oxygens (including phenoxy) is 2. The number of imidazole rings is 1. The molecule has 2 aromatic heterocycles. The number of aromatic nitrogens is 3. The van der Waals surface area contributed by atoms with Gasteiger partial charge in [-0.3, -0.25) is 0 Å². The van der Waals surface area contributed by atoms with Crippen molar-refractivity contribution in [1.82, 2.24) is 14.6 Å². The topological polar surface area (TPSA) is 122 Å². The van der Waals surface area contributed by atoms with Gasteiger partial charge in [0.15, 0.2) is 32.8 Å². The van der Waals surface area contributed by atoms with Crippen LogP contribution in [0.2, 0.25) is 0 Å². The molecule has 0 bridgehead atoms. The van der Waals surface area contributed by atoms with E-state index in [2.05, 4.69) is 21.5 Å². The number of anilines is 2. The van der Waals surface area contributed by atoms with E-state index >= 15 is 0 Å². The van der Waals surface area contributed by atoms with Crippen molar-refractivity contribution >= 4 is 27.0 Å². The number of hydrogen-bond acceptors (Lipinski definition) is 7. The van der Waals surface area contributed by atoms with Gasteiger partial charge >= 0.3 is 0 Å². The van der Waals surface area contributed by atoms with Crippen LogP contribution >= 0.6 is 0 Å². The number of aromatic amines is 1. The molecule has 0 saturated carbocycles. The van der Waals surface area contributed by atoms with E-state index in [-0.39, 0.29) is 4.90 Å². The first-order chi connectivity index (χ1) is 14.9. The van der Waals surface area contributed by atoms with E-state index in [1.54, 1.807) is 55.1 Å². The van der Waals surface area contributed by atoms with Crippen molar-refractivity contribution in [2.45, 2.75) is 4.90 Å². The first-order valence-electron chi connectivity index (χ1n) is 9.15. The summed E-state index contributed by atoms with van der Waals surface area (Å²) in [7, 11) is -0.197. The van der Waals surface area contributed by atoms with Crippen molar-refractivity contribution in [1.29, 1.82) is 5.26 Å². The van der Waals surface area contributed by atoms with E-state index < -0.39 is 9.84 Å². The van der Waals surface area contributed by atoms with E-state index in [4.69, 9.17) is 9.47 Å². The van der Waals surface area contributed by atoms with Crippen LogP contribution in [0.1, 0.15) is 5.56 Å². The van der Waals surface area contributed by atoms with Crippen molar-refractivity contribution in [3.8, 4) is 28.8 Å². The normalized spacial score (nSPS) is 11.3. The molecule has 0 aliphatic heterocycles. The van der Waals surface area contributed by atoms with Gasteiger partial charge in [0.05, 0.1) is 31.0 Å². The average molecular weight is 437 g/mol. The molecule has 2 N–H and O–H groups in total. The number of hydrogen-bond donors (Lipinski definition) is 2. The van der Waals surface area contributed by atoms with Gasteiger partial charge in [0.1, 0.15) is 11.6 Å². The Balaban J connectivity index is 1.84. The zero-order chi connectivity index (χ0) is 22.2. The molecule has 0 radical (unpaired) electrons. The Bertz CT molecular complexity index is 1410. The Morgan fingerprint density at radius 2 is 1.81 bits per heavy atom. The summed E-state index contributed by atoms with van der Waals surface area (Å²) in [5.41, 5.74) is 2.99. The number of nitriles is 1. The Hall–Kier alpha value is -3.97. The first kappa shape index (κ1) is 20.3. The lowest BCUT2D eigenvalue weighted by molar-refractivity contribution is 0.355. The van der Waals surface area contributed by atoms with Gasteiger partial charge in [0.2, 0.25) is 0 Å². The highest BCUT2D eigenvalue weighted by atomic mass is 32.2. The number of nitrogens with one attached hydrogen (secondary N) is 2. The minimum atomic E-state index is -3.31. The van der Waals surface area contributed by atoms with Crippen LogP contribution in [-0.4, -0.2) is 43.5 Å². The highest BCUT2D eigenvalue weighted by molar-refractivity contribution is 7.90. The fourth-order valence-corrected chi connectivity index (χ4v) is 3.88. The first-order valence-corrected chi connectivity index (χ1v) is 11.0. The standard InChI is InChI=1S/C21H19N5O4S/c1-29-17-9-6-15(10-18(17)30-2)24-21-19(25-20-14(11-22)12-23-26(20)21)13-4-7-16(8-5-13)31(3,27)28/h4-10,12,24-25H,1-3H3. The molecule has 4 aromatic rings. The van der Waals surface area contributed by atoms with Gasteiger partial charge < -0.3 is 19.8 Å². The molecule has 2 aromatic carbocycles. The molecule has 0 spiro atoms. The molecule has 10 heteroatoms. The molecule has 9 nitrogen and oxygen atoms in total. The van der Waals surface area contributed by atoms with E-state index in [9.17, 15) is 13.7 Å². The van der Waals surface area contributed by atoms with E-state index in [1.165, 1.54) is 6.20 Å². The third-order valence-electron chi connectivity index (χ3n) is 4.80. The lowest BCUT2D eigenvalue weighted by Crippen LogP contribution is -1.99. The highest BCUT2D eigenvalue weighted by Crippen LogP contribution is 2.35. The van der Waals surface area contributed by atoms with Crippen LogP contribution in [0.5, 0.6) is 11.5 Å². The molecule has 2 heterocycles. The van der Waals surface area contributed by atoms with Crippen LogP contribution in [0, 0.1) is 11.3 Å². The van der Waals surface area contributed by atoms with Gasteiger partial charge in [0, 0.05) is 23.6 Å². The quantitative estimate of drug-likeness (QED) is 0.474. The van der Waals surface area contributed by atoms with Gasteiger partial charge in [-0.25, -0.2) is 8.42 Å². The summed E-state index contributed by atoms with van der Waals surface area (Å²) < 4.78 is 35.8. The summed E-state index contributed by atoms with van der Waals surface area (Å²) in [5.74, 6) is 1.72. The lowest BCUT2D eigenvalue weighted by Gasteiger charge is -2.12. The number of rotatable bonds is 6. The average Bonchev–Trinajstić information content (AvgIpc) is 3.33. The monoisotopic (exact) mass is 437 g/mol. The van der Waals surface area contributed by atoms with Crippen LogP contribution in [-0.2, 0) is 9.84 Å².